The Hall–Kier alpha value is -2.35. The molecule has 0 aliphatic carbocycles. The summed E-state index contributed by atoms with van der Waals surface area (Å²) in [6, 6.07) is 8.34. The van der Waals surface area contributed by atoms with Gasteiger partial charge in [0.25, 0.3) is 5.91 Å². The first-order valence-corrected chi connectivity index (χ1v) is 8.91. The summed E-state index contributed by atoms with van der Waals surface area (Å²) in [4.78, 5) is 12.1. The number of amides is 1. The molecule has 0 spiro atoms. The van der Waals surface area contributed by atoms with Gasteiger partial charge in [-0.05, 0) is 30.7 Å². The van der Waals surface area contributed by atoms with E-state index in [1.165, 1.54) is 6.07 Å². The number of nitrogens with zero attached hydrogens (tertiary/aromatic N) is 1. The van der Waals surface area contributed by atoms with Crippen LogP contribution < -0.4 is 10.1 Å². The number of nitrogens with one attached hydrogen (secondary N) is 1. The topological polar surface area (TPSA) is 98.5 Å². The molecule has 122 valence electrons. The van der Waals surface area contributed by atoms with Crippen LogP contribution in [0.2, 0.25) is 0 Å². The monoisotopic (exact) mass is 336 g/mol. The fourth-order valence-corrected chi connectivity index (χ4v) is 4.12. The molecule has 23 heavy (non-hydrogen) atoms. The van der Waals surface area contributed by atoms with E-state index in [0.29, 0.717) is 12.1 Å². The van der Waals surface area contributed by atoms with Crippen LogP contribution in [0.15, 0.2) is 34.9 Å². The number of benzene rings is 1. The number of hydrogen-bond donors (Lipinski definition) is 1. The minimum atomic E-state index is -3.04. The van der Waals surface area contributed by atoms with E-state index in [2.05, 4.69) is 10.5 Å². The molecule has 0 saturated carbocycles. The molecule has 1 aromatic heterocycles. The lowest BCUT2D eigenvalue weighted by atomic mass is 10.1. The van der Waals surface area contributed by atoms with E-state index >= 15 is 0 Å². The van der Waals surface area contributed by atoms with Crippen LogP contribution >= 0.6 is 0 Å². The zero-order valence-corrected chi connectivity index (χ0v) is 13.3. The maximum Gasteiger partial charge on any atom is 0.290 e. The Bertz CT molecular complexity index is 811. The number of methoxy groups -OCH3 is 1. The molecule has 7 nitrogen and oxygen atoms in total. The minimum absolute atomic E-state index is 0.0295. The van der Waals surface area contributed by atoms with Crippen LogP contribution in [-0.4, -0.2) is 44.1 Å². The number of carbonyl (C=O) groups is 1. The lowest BCUT2D eigenvalue weighted by molar-refractivity contribution is 0.0904. The second kappa shape index (κ2) is 6.04. The van der Waals surface area contributed by atoms with Crippen LogP contribution in [-0.2, 0) is 9.84 Å². The van der Waals surface area contributed by atoms with Crippen molar-refractivity contribution in [2.24, 2.45) is 0 Å². The Morgan fingerprint density at radius 1 is 1.35 bits per heavy atom. The van der Waals surface area contributed by atoms with Gasteiger partial charge in [-0.15, -0.1) is 0 Å². The van der Waals surface area contributed by atoms with Crippen molar-refractivity contribution in [2.75, 3.05) is 18.6 Å². The molecule has 1 N–H and O–H groups in total. The van der Waals surface area contributed by atoms with Crippen LogP contribution in [0.1, 0.15) is 17.0 Å². The van der Waals surface area contributed by atoms with E-state index in [1.807, 2.05) is 12.1 Å². The molecule has 0 bridgehead atoms. The third-order valence-electron chi connectivity index (χ3n) is 3.69. The number of carbonyl (C=O) groups excluding carboxylic acids is 1. The van der Waals surface area contributed by atoms with E-state index in [-0.39, 0.29) is 23.3 Å². The van der Waals surface area contributed by atoms with Crippen molar-refractivity contribution in [3.63, 3.8) is 0 Å². The highest BCUT2D eigenvalue weighted by Crippen LogP contribution is 2.22. The zero-order chi connectivity index (χ0) is 16.4. The van der Waals surface area contributed by atoms with Crippen LogP contribution in [0.3, 0.4) is 0 Å². The smallest absolute Gasteiger partial charge is 0.290 e. The first-order valence-electron chi connectivity index (χ1n) is 7.09. The van der Waals surface area contributed by atoms with Gasteiger partial charge in [-0.3, -0.25) is 4.79 Å². The van der Waals surface area contributed by atoms with Crippen LogP contribution in [0.5, 0.6) is 5.75 Å². The van der Waals surface area contributed by atoms with Crippen molar-refractivity contribution < 1.29 is 22.5 Å². The van der Waals surface area contributed by atoms with E-state index in [4.69, 9.17) is 9.26 Å². The molecule has 1 saturated heterocycles. The fraction of sp³-hybridized carbons (Fsp3) is 0.333. The summed E-state index contributed by atoms with van der Waals surface area (Å²) in [7, 11) is -1.46. The van der Waals surface area contributed by atoms with Gasteiger partial charge in [0.05, 0.1) is 18.6 Å². The summed E-state index contributed by atoms with van der Waals surface area (Å²) in [5, 5.41) is 6.53. The van der Waals surface area contributed by atoms with Crippen molar-refractivity contribution in [3.05, 3.63) is 36.1 Å². The number of rotatable bonds is 4. The first-order chi connectivity index (χ1) is 11.0. The predicted octanol–water partition coefficient (Wildman–Crippen LogP) is 1.27. The second-order valence-electron chi connectivity index (χ2n) is 5.38. The highest BCUT2D eigenvalue weighted by molar-refractivity contribution is 7.91. The molecule has 1 aliphatic rings. The highest BCUT2D eigenvalue weighted by Gasteiger charge is 2.30. The summed E-state index contributed by atoms with van der Waals surface area (Å²) < 4.78 is 32.9. The summed E-state index contributed by atoms with van der Waals surface area (Å²) in [6.45, 7) is 0. The van der Waals surface area contributed by atoms with Crippen molar-refractivity contribution in [1.82, 2.24) is 10.5 Å². The van der Waals surface area contributed by atoms with E-state index in [9.17, 15) is 13.2 Å². The van der Waals surface area contributed by atoms with Gasteiger partial charge >= 0.3 is 0 Å². The van der Waals surface area contributed by atoms with E-state index in [0.717, 1.165) is 11.3 Å². The fourth-order valence-electron chi connectivity index (χ4n) is 2.45. The molecule has 3 rings (SSSR count). The SMILES string of the molecule is COc1ccc(-c2cc(C(=O)N[C@@H]3CCS(=O)(=O)C3)on2)cc1. The van der Waals surface area contributed by atoms with Gasteiger partial charge in [0, 0.05) is 17.7 Å². The third-order valence-corrected chi connectivity index (χ3v) is 5.46. The first kappa shape index (κ1) is 15.5. The molecule has 0 radical (unpaired) electrons. The Morgan fingerprint density at radius 3 is 2.70 bits per heavy atom. The lowest BCUT2D eigenvalue weighted by Crippen LogP contribution is -2.35. The Morgan fingerprint density at radius 2 is 2.09 bits per heavy atom. The number of aromatic nitrogens is 1. The van der Waals surface area contributed by atoms with Crippen LogP contribution in [0.4, 0.5) is 0 Å². The molecule has 2 heterocycles. The molecule has 1 atom stereocenters. The molecular weight excluding hydrogens is 320 g/mol. The standard InChI is InChI=1S/C15H16N2O5S/c1-21-12-4-2-10(3-5-12)13-8-14(22-17-13)15(18)16-11-6-7-23(19,20)9-11/h2-5,8,11H,6-7,9H2,1H3,(H,16,18)/t11-/m1/s1. The van der Waals surface area contributed by atoms with Gasteiger partial charge in [-0.2, -0.15) is 0 Å². The Kier molecular flexibility index (Phi) is 4.08. The molecule has 1 amide bonds. The largest absolute Gasteiger partial charge is 0.497 e. The molecular formula is C15H16N2O5S. The van der Waals surface area contributed by atoms with Gasteiger partial charge < -0.3 is 14.6 Å². The Labute approximate surface area is 133 Å². The minimum Gasteiger partial charge on any atom is -0.497 e. The third kappa shape index (κ3) is 3.53. The predicted molar refractivity (Wildman–Crippen MR) is 83.0 cm³/mol. The maximum absolute atomic E-state index is 12.1. The van der Waals surface area contributed by atoms with Gasteiger partial charge in [-0.25, -0.2) is 8.42 Å². The zero-order valence-electron chi connectivity index (χ0n) is 12.5. The molecule has 1 aliphatic heterocycles. The summed E-state index contributed by atoms with van der Waals surface area (Å²) in [5.74, 6) is 0.390. The lowest BCUT2D eigenvalue weighted by Gasteiger charge is -2.07. The second-order valence-corrected chi connectivity index (χ2v) is 7.61. The van der Waals surface area contributed by atoms with Crippen LogP contribution in [0.25, 0.3) is 11.3 Å². The van der Waals surface area contributed by atoms with Crippen molar-refractivity contribution in [3.8, 4) is 17.0 Å². The molecule has 0 unspecified atom stereocenters. The van der Waals surface area contributed by atoms with E-state index < -0.39 is 15.7 Å². The quantitative estimate of drug-likeness (QED) is 0.903. The number of ether oxygens (including phenoxy) is 1. The van der Waals surface area contributed by atoms with Crippen molar-refractivity contribution >= 4 is 15.7 Å². The summed E-state index contributed by atoms with van der Waals surface area (Å²) >= 11 is 0. The van der Waals surface area contributed by atoms with Gasteiger partial charge in [0.1, 0.15) is 11.4 Å². The molecule has 2 aromatic rings. The maximum atomic E-state index is 12.1. The highest BCUT2D eigenvalue weighted by atomic mass is 32.2. The average Bonchev–Trinajstić information content (AvgIpc) is 3.14. The number of hydrogen-bond acceptors (Lipinski definition) is 6. The van der Waals surface area contributed by atoms with Crippen molar-refractivity contribution in [2.45, 2.75) is 12.5 Å². The molecule has 8 heteroatoms. The summed E-state index contributed by atoms with van der Waals surface area (Å²) in [5.41, 5.74) is 1.31. The van der Waals surface area contributed by atoms with Gasteiger partial charge in [-0.1, -0.05) is 5.16 Å². The van der Waals surface area contributed by atoms with E-state index in [1.54, 1.807) is 19.2 Å². The van der Waals surface area contributed by atoms with Crippen LogP contribution in [0, 0.1) is 0 Å². The number of sulfone groups is 1. The van der Waals surface area contributed by atoms with Gasteiger partial charge in [0.2, 0.25) is 5.76 Å². The van der Waals surface area contributed by atoms with Gasteiger partial charge in [0.15, 0.2) is 9.84 Å². The average molecular weight is 336 g/mol. The normalized spacial score (nSPS) is 19.4. The van der Waals surface area contributed by atoms with Crippen molar-refractivity contribution in [1.29, 1.82) is 0 Å². The Balaban J connectivity index is 1.69. The summed E-state index contributed by atoms with van der Waals surface area (Å²) in [6.07, 6.45) is 0.424. The molecule has 1 fully saturated rings. The molecule has 1 aromatic carbocycles.